The van der Waals surface area contributed by atoms with Crippen LogP contribution in [0, 0.1) is 0 Å². The molecule has 0 spiro atoms. The number of nitrogens with zero attached hydrogens (tertiary/aromatic N) is 3. The van der Waals surface area contributed by atoms with Crippen molar-refractivity contribution in [2.75, 3.05) is 19.0 Å². The van der Waals surface area contributed by atoms with E-state index < -0.39 is 7.12 Å². The van der Waals surface area contributed by atoms with E-state index in [1.54, 1.807) is 6.20 Å². The van der Waals surface area contributed by atoms with Crippen molar-refractivity contribution in [3.05, 3.63) is 12.3 Å². The SMILES string of the molecule is CN(C)c1nccc(B2OC(C)(C)C(C)(C)O2)n1. The zero-order valence-electron chi connectivity index (χ0n) is 11.9. The maximum atomic E-state index is 5.95. The molecule has 2 rings (SSSR count). The number of aromatic nitrogens is 2. The first-order valence-corrected chi connectivity index (χ1v) is 6.09. The highest BCUT2D eigenvalue weighted by atomic mass is 16.7. The first-order chi connectivity index (χ1) is 8.23. The summed E-state index contributed by atoms with van der Waals surface area (Å²) in [6.07, 6.45) is 1.72. The molecule has 1 aromatic heterocycles. The van der Waals surface area contributed by atoms with E-state index in [2.05, 4.69) is 9.97 Å². The number of rotatable bonds is 2. The first kappa shape index (κ1) is 13.3. The van der Waals surface area contributed by atoms with Crippen LogP contribution in [0.2, 0.25) is 0 Å². The highest BCUT2D eigenvalue weighted by molar-refractivity contribution is 6.61. The van der Waals surface area contributed by atoms with E-state index in [9.17, 15) is 0 Å². The van der Waals surface area contributed by atoms with E-state index in [0.29, 0.717) is 5.95 Å². The first-order valence-electron chi connectivity index (χ1n) is 6.09. The molecule has 0 unspecified atom stereocenters. The topological polar surface area (TPSA) is 47.5 Å². The summed E-state index contributed by atoms with van der Waals surface area (Å²) in [6.45, 7) is 8.12. The van der Waals surface area contributed by atoms with Gasteiger partial charge >= 0.3 is 7.12 Å². The van der Waals surface area contributed by atoms with Gasteiger partial charge in [0.15, 0.2) is 0 Å². The Bertz CT molecular complexity index is 433. The van der Waals surface area contributed by atoms with Gasteiger partial charge in [-0.05, 0) is 33.8 Å². The van der Waals surface area contributed by atoms with E-state index >= 15 is 0 Å². The lowest BCUT2D eigenvalue weighted by Crippen LogP contribution is -2.41. The van der Waals surface area contributed by atoms with Gasteiger partial charge in [0.25, 0.3) is 0 Å². The second-order valence-corrected chi connectivity index (χ2v) is 5.76. The molecule has 0 saturated carbocycles. The van der Waals surface area contributed by atoms with Gasteiger partial charge in [-0.2, -0.15) is 0 Å². The number of anilines is 1. The highest BCUT2D eigenvalue weighted by Gasteiger charge is 2.52. The van der Waals surface area contributed by atoms with Crippen molar-refractivity contribution >= 4 is 18.7 Å². The van der Waals surface area contributed by atoms with Gasteiger partial charge in [0.05, 0.1) is 16.8 Å². The van der Waals surface area contributed by atoms with Gasteiger partial charge in [0.2, 0.25) is 5.95 Å². The van der Waals surface area contributed by atoms with Crippen LogP contribution in [0.3, 0.4) is 0 Å². The van der Waals surface area contributed by atoms with Gasteiger partial charge in [-0.3, -0.25) is 0 Å². The fourth-order valence-corrected chi connectivity index (χ4v) is 1.67. The minimum atomic E-state index is -0.434. The van der Waals surface area contributed by atoms with Crippen LogP contribution < -0.4 is 10.5 Å². The fraction of sp³-hybridized carbons (Fsp3) is 0.667. The minimum Gasteiger partial charge on any atom is -0.398 e. The Morgan fingerprint density at radius 1 is 1.11 bits per heavy atom. The molecule has 5 nitrogen and oxygen atoms in total. The Kier molecular flexibility index (Phi) is 3.11. The van der Waals surface area contributed by atoms with Crippen molar-refractivity contribution < 1.29 is 9.31 Å². The van der Waals surface area contributed by atoms with Crippen molar-refractivity contribution in [1.82, 2.24) is 9.97 Å². The average molecular weight is 249 g/mol. The van der Waals surface area contributed by atoms with E-state index in [4.69, 9.17) is 9.31 Å². The standard InChI is InChI=1S/C12H20BN3O2/c1-11(2)12(3,4)18-13(17-11)9-7-8-14-10(15-9)16(5)6/h7-8H,1-6H3. The van der Waals surface area contributed by atoms with Gasteiger partial charge in [-0.25, -0.2) is 9.97 Å². The summed E-state index contributed by atoms with van der Waals surface area (Å²) < 4.78 is 11.9. The Morgan fingerprint density at radius 3 is 2.17 bits per heavy atom. The lowest BCUT2D eigenvalue weighted by atomic mass is 9.84. The van der Waals surface area contributed by atoms with E-state index in [1.807, 2.05) is 52.8 Å². The van der Waals surface area contributed by atoms with E-state index in [0.717, 1.165) is 5.59 Å². The maximum absolute atomic E-state index is 5.95. The summed E-state index contributed by atoms with van der Waals surface area (Å²) in [7, 11) is 3.38. The molecule has 18 heavy (non-hydrogen) atoms. The molecule has 0 bridgehead atoms. The van der Waals surface area contributed by atoms with Gasteiger partial charge in [-0.15, -0.1) is 0 Å². The molecule has 2 heterocycles. The molecule has 1 fully saturated rings. The lowest BCUT2D eigenvalue weighted by molar-refractivity contribution is 0.00578. The summed E-state index contributed by atoms with van der Waals surface area (Å²) >= 11 is 0. The molecule has 1 aromatic rings. The van der Waals surface area contributed by atoms with Crippen LogP contribution in [-0.4, -0.2) is 42.4 Å². The Morgan fingerprint density at radius 2 is 1.67 bits per heavy atom. The second kappa shape index (κ2) is 4.21. The van der Waals surface area contributed by atoms with Crippen LogP contribution in [0.5, 0.6) is 0 Å². The molecule has 0 aromatic carbocycles. The quantitative estimate of drug-likeness (QED) is 0.727. The van der Waals surface area contributed by atoms with Crippen molar-refractivity contribution in [2.24, 2.45) is 0 Å². The molecule has 0 radical (unpaired) electrons. The van der Waals surface area contributed by atoms with Crippen LogP contribution in [0.15, 0.2) is 12.3 Å². The normalized spacial score (nSPS) is 21.1. The van der Waals surface area contributed by atoms with Gasteiger partial charge < -0.3 is 14.2 Å². The van der Waals surface area contributed by atoms with Crippen LogP contribution in [0.4, 0.5) is 5.95 Å². The summed E-state index contributed by atoms with van der Waals surface area (Å²) in [5.74, 6) is 0.655. The van der Waals surface area contributed by atoms with Gasteiger partial charge in [0, 0.05) is 20.3 Å². The van der Waals surface area contributed by atoms with Crippen molar-refractivity contribution in [2.45, 2.75) is 38.9 Å². The Hall–Kier alpha value is -1.14. The zero-order valence-corrected chi connectivity index (χ0v) is 11.9. The molecule has 98 valence electrons. The monoisotopic (exact) mass is 249 g/mol. The lowest BCUT2D eigenvalue weighted by Gasteiger charge is -2.32. The third kappa shape index (κ3) is 2.22. The van der Waals surface area contributed by atoms with E-state index in [1.165, 1.54) is 0 Å². The maximum Gasteiger partial charge on any atom is 0.514 e. The molecule has 1 saturated heterocycles. The predicted octanol–water partition coefficient (Wildman–Crippen LogP) is 0.842. The summed E-state index contributed by atoms with van der Waals surface area (Å²) in [5.41, 5.74) is 0.0641. The van der Waals surface area contributed by atoms with E-state index in [-0.39, 0.29) is 11.2 Å². The summed E-state index contributed by atoms with van der Waals surface area (Å²) in [6, 6.07) is 1.83. The highest BCUT2D eigenvalue weighted by Crippen LogP contribution is 2.36. The average Bonchev–Trinajstić information content (AvgIpc) is 2.48. The third-order valence-corrected chi connectivity index (χ3v) is 3.56. The van der Waals surface area contributed by atoms with Crippen LogP contribution >= 0.6 is 0 Å². The van der Waals surface area contributed by atoms with Crippen molar-refractivity contribution in [3.8, 4) is 0 Å². The van der Waals surface area contributed by atoms with Crippen LogP contribution in [0.25, 0.3) is 0 Å². The molecule has 0 N–H and O–H groups in total. The van der Waals surface area contributed by atoms with Crippen molar-refractivity contribution in [3.63, 3.8) is 0 Å². The molecule has 1 aliphatic heterocycles. The second-order valence-electron chi connectivity index (χ2n) is 5.76. The van der Waals surface area contributed by atoms with Crippen LogP contribution in [0.1, 0.15) is 27.7 Å². The molecule has 0 atom stereocenters. The van der Waals surface area contributed by atoms with Gasteiger partial charge in [-0.1, -0.05) is 0 Å². The predicted molar refractivity (Wildman–Crippen MR) is 72.1 cm³/mol. The van der Waals surface area contributed by atoms with Crippen molar-refractivity contribution in [1.29, 1.82) is 0 Å². The Balaban J connectivity index is 2.27. The molecular weight excluding hydrogens is 229 g/mol. The van der Waals surface area contributed by atoms with Crippen LogP contribution in [-0.2, 0) is 9.31 Å². The number of hydrogen-bond acceptors (Lipinski definition) is 5. The fourth-order valence-electron chi connectivity index (χ4n) is 1.67. The summed E-state index contributed by atoms with van der Waals surface area (Å²) in [5, 5.41) is 0. The molecule has 6 heteroatoms. The Labute approximate surface area is 109 Å². The third-order valence-electron chi connectivity index (χ3n) is 3.56. The zero-order chi connectivity index (χ0) is 13.6. The molecule has 0 amide bonds. The molecular formula is C12H20BN3O2. The minimum absolute atomic E-state index is 0.346. The molecule has 1 aliphatic rings. The smallest absolute Gasteiger partial charge is 0.398 e. The summed E-state index contributed by atoms with van der Waals surface area (Å²) in [4.78, 5) is 10.5. The largest absolute Gasteiger partial charge is 0.514 e. The van der Waals surface area contributed by atoms with Gasteiger partial charge in [0.1, 0.15) is 0 Å². The molecule has 0 aliphatic carbocycles. The number of hydrogen-bond donors (Lipinski definition) is 0.